The number of aliphatic carboxylic acids is 1. The van der Waals surface area contributed by atoms with Crippen molar-refractivity contribution in [3.63, 3.8) is 0 Å². The number of fused-ring (bicyclic) bond motifs is 1. The number of para-hydroxylation sites is 1. The predicted molar refractivity (Wildman–Crippen MR) is 70.5 cm³/mol. The van der Waals surface area contributed by atoms with Gasteiger partial charge in [-0.05, 0) is 31.4 Å². The van der Waals surface area contributed by atoms with Crippen LogP contribution in [0.4, 0.5) is 5.69 Å². The number of amides is 1. The van der Waals surface area contributed by atoms with Crippen molar-refractivity contribution in [3.8, 4) is 5.75 Å². The molecule has 1 aromatic rings. The van der Waals surface area contributed by atoms with Crippen LogP contribution in [0.25, 0.3) is 0 Å². The molecule has 0 fully saturated rings. The Morgan fingerprint density at radius 2 is 2.16 bits per heavy atom. The van der Waals surface area contributed by atoms with E-state index in [1.807, 2.05) is 12.1 Å². The minimum absolute atomic E-state index is 0.391. The first-order chi connectivity index (χ1) is 9.06. The first kappa shape index (κ1) is 13.4. The van der Waals surface area contributed by atoms with Crippen molar-refractivity contribution in [1.82, 2.24) is 0 Å². The summed E-state index contributed by atoms with van der Waals surface area (Å²) < 4.78 is 5.29. The summed E-state index contributed by atoms with van der Waals surface area (Å²) in [6.45, 7) is 1.94. The highest BCUT2D eigenvalue weighted by molar-refractivity contribution is 6.06. The lowest BCUT2D eigenvalue weighted by Crippen LogP contribution is -2.41. The van der Waals surface area contributed by atoms with Crippen LogP contribution < -0.4 is 9.64 Å². The zero-order valence-electron chi connectivity index (χ0n) is 11.0. The Balaban J connectivity index is 2.41. The van der Waals surface area contributed by atoms with E-state index in [4.69, 9.17) is 9.84 Å². The second-order valence-electron chi connectivity index (χ2n) is 4.62. The molecule has 19 heavy (non-hydrogen) atoms. The highest BCUT2D eigenvalue weighted by Crippen LogP contribution is 2.36. The SMILES string of the molecule is COc1cccc2c1N(C(=O)C(C)C(=O)O)CCC2. The largest absolute Gasteiger partial charge is 0.495 e. The van der Waals surface area contributed by atoms with Crippen LogP contribution in [0.1, 0.15) is 18.9 Å². The van der Waals surface area contributed by atoms with E-state index in [0.717, 1.165) is 18.4 Å². The quantitative estimate of drug-likeness (QED) is 0.843. The zero-order valence-corrected chi connectivity index (χ0v) is 11.0. The Hall–Kier alpha value is -2.04. The monoisotopic (exact) mass is 263 g/mol. The Morgan fingerprint density at radius 3 is 2.79 bits per heavy atom. The molecule has 1 heterocycles. The van der Waals surface area contributed by atoms with Gasteiger partial charge in [0.25, 0.3) is 0 Å². The maximum Gasteiger partial charge on any atom is 0.315 e. The van der Waals surface area contributed by atoms with Crippen LogP contribution in [-0.4, -0.2) is 30.6 Å². The van der Waals surface area contributed by atoms with Crippen LogP contribution >= 0.6 is 0 Å². The molecule has 0 bridgehead atoms. The molecule has 0 saturated heterocycles. The predicted octanol–water partition coefficient (Wildman–Crippen LogP) is 1.70. The summed E-state index contributed by atoms with van der Waals surface area (Å²) in [5.74, 6) is -1.93. The molecule has 5 nitrogen and oxygen atoms in total. The van der Waals surface area contributed by atoms with Gasteiger partial charge in [-0.3, -0.25) is 9.59 Å². The van der Waals surface area contributed by atoms with E-state index >= 15 is 0 Å². The fraction of sp³-hybridized carbons (Fsp3) is 0.429. The third kappa shape index (κ3) is 2.41. The first-order valence-corrected chi connectivity index (χ1v) is 6.26. The average Bonchev–Trinajstić information content (AvgIpc) is 2.44. The smallest absolute Gasteiger partial charge is 0.315 e. The van der Waals surface area contributed by atoms with E-state index in [2.05, 4.69) is 0 Å². The van der Waals surface area contributed by atoms with Gasteiger partial charge in [-0.1, -0.05) is 12.1 Å². The highest BCUT2D eigenvalue weighted by Gasteiger charge is 2.31. The van der Waals surface area contributed by atoms with E-state index in [9.17, 15) is 9.59 Å². The maximum atomic E-state index is 12.3. The second-order valence-corrected chi connectivity index (χ2v) is 4.62. The lowest BCUT2D eigenvalue weighted by molar-refractivity contribution is -0.145. The summed E-state index contributed by atoms with van der Waals surface area (Å²) in [4.78, 5) is 24.8. The number of aryl methyl sites for hydroxylation is 1. The Kier molecular flexibility index (Phi) is 3.74. The van der Waals surface area contributed by atoms with Gasteiger partial charge >= 0.3 is 5.97 Å². The van der Waals surface area contributed by atoms with Gasteiger partial charge in [-0.25, -0.2) is 0 Å². The number of benzene rings is 1. The summed E-state index contributed by atoms with van der Waals surface area (Å²) in [7, 11) is 1.55. The van der Waals surface area contributed by atoms with Gasteiger partial charge in [-0.15, -0.1) is 0 Å². The van der Waals surface area contributed by atoms with Gasteiger partial charge in [0.1, 0.15) is 11.7 Å². The molecule has 0 spiro atoms. The summed E-state index contributed by atoms with van der Waals surface area (Å²) in [5, 5.41) is 8.98. The van der Waals surface area contributed by atoms with Crippen molar-refractivity contribution in [1.29, 1.82) is 0 Å². The van der Waals surface area contributed by atoms with E-state index in [1.165, 1.54) is 11.8 Å². The number of anilines is 1. The van der Waals surface area contributed by atoms with Crippen molar-refractivity contribution >= 4 is 17.6 Å². The number of nitrogens with zero attached hydrogens (tertiary/aromatic N) is 1. The van der Waals surface area contributed by atoms with E-state index < -0.39 is 17.8 Å². The van der Waals surface area contributed by atoms with Gasteiger partial charge in [0, 0.05) is 6.54 Å². The molecule has 0 aliphatic carbocycles. The van der Waals surface area contributed by atoms with E-state index in [-0.39, 0.29) is 0 Å². The second kappa shape index (κ2) is 5.30. The van der Waals surface area contributed by atoms with E-state index in [1.54, 1.807) is 13.2 Å². The summed E-state index contributed by atoms with van der Waals surface area (Å²) in [5.41, 5.74) is 1.74. The van der Waals surface area contributed by atoms with Gasteiger partial charge in [0.2, 0.25) is 5.91 Å². The first-order valence-electron chi connectivity index (χ1n) is 6.26. The number of rotatable bonds is 3. The number of ether oxygens (including phenoxy) is 1. The van der Waals surface area contributed by atoms with Gasteiger partial charge < -0.3 is 14.7 Å². The van der Waals surface area contributed by atoms with Crippen LogP contribution in [0.15, 0.2) is 18.2 Å². The van der Waals surface area contributed by atoms with Crippen LogP contribution in [0, 0.1) is 5.92 Å². The van der Waals surface area contributed by atoms with Crippen molar-refractivity contribution in [3.05, 3.63) is 23.8 Å². The molecule has 2 rings (SSSR count). The number of carboxylic acids is 1. The van der Waals surface area contributed by atoms with Gasteiger partial charge in [-0.2, -0.15) is 0 Å². The highest BCUT2D eigenvalue weighted by atomic mass is 16.5. The van der Waals surface area contributed by atoms with Gasteiger partial charge in [0.05, 0.1) is 12.8 Å². The maximum absolute atomic E-state index is 12.3. The number of methoxy groups -OCH3 is 1. The van der Waals surface area contributed by atoms with Crippen molar-refractivity contribution in [2.75, 3.05) is 18.6 Å². The molecule has 1 atom stereocenters. The number of carbonyl (C=O) groups is 2. The topological polar surface area (TPSA) is 66.8 Å². The molecule has 1 aliphatic heterocycles. The van der Waals surface area contributed by atoms with Crippen LogP contribution in [0.3, 0.4) is 0 Å². The summed E-state index contributed by atoms with van der Waals surface area (Å²) in [6, 6.07) is 5.62. The van der Waals surface area contributed by atoms with Crippen LogP contribution in [-0.2, 0) is 16.0 Å². The number of carboxylic acid groups (broad SMARTS) is 1. The zero-order chi connectivity index (χ0) is 14.0. The molecular formula is C14H17NO4. The minimum Gasteiger partial charge on any atom is -0.495 e. The minimum atomic E-state index is -1.10. The molecule has 0 saturated carbocycles. The van der Waals surface area contributed by atoms with Crippen LogP contribution in [0.2, 0.25) is 0 Å². The molecular weight excluding hydrogens is 246 g/mol. The summed E-state index contributed by atoms with van der Waals surface area (Å²) in [6.07, 6.45) is 1.70. The van der Waals surface area contributed by atoms with Crippen molar-refractivity contribution < 1.29 is 19.4 Å². The molecule has 5 heteroatoms. The molecule has 1 unspecified atom stereocenters. The van der Waals surface area contributed by atoms with Gasteiger partial charge in [0.15, 0.2) is 0 Å². The van der Waals surface area contributed by atoms with Crippen LogP contribution in [0.5, 0.6) is 5.75 Å². The number of hydrogen-bond donors (Lipinski definition) is 1. The third-order valence-corrected chi connectivity index (χ3v) is 3.41. The molecule has 1 aromatic carbocycles. The third-order valence-electron chi connectivity index (χ3n) is 3.41. The number of carbonyl (C=O) groups excluding carboxylic acids is 1. The molecule has 1 aliphatic rings. The molecule has 1 amide bonds. The Morgan fingerprint density at radius 1 is 1.42 bits per heavy atom. The average molecular weight is 263 g/mol. The Labute approximate surface area is 111 Å². The lowest BCUT2D eigenvalue weighted by atomic mass is 9.99. The fourth-order valence-corrected chi connectivity index (χ4v) is 2.34. The molecule has 1 N–H and O–H groups in total. The normalized spacial score (nSPS) is 15.6. The Bertz CT molecular complexity index is 498. The van der Waals surface area contributed by atoms with Crippen molar-refractivity contribution in [2.45, 2.75) is 19.8 Å². The fourth-order valence-electron chi connectivity index (χ4n) is 2.34. The molecule has 0 radical (unpaired) electrons. The van der Waals surface area contributed by atoms with E-state index in [0.29, 0.717) is 18.0 Å². The lowest BCUT2D eigenvalue weighted by Gasteiger charge is -2.31. The molecule has 102 valence electrons. The standard InChI is InChI=1S/C14H17NO4/c1-9(14(17)18)13(16)15-8-4-6-10-5-3-7-11(19-2)12(10)15/h3,5,7,9H,4,6,8H2,1-2H3,(H,17,18). The molecule has 0 aromatic heterocycles. The number of hydrogen-bond acceptors (Lipinski definition) is 3. The van der Waals surface area contributed by atoms with Crippen molar-refractivity contribution in [2.24, 2.45) is 5.92 Å². The summed E-state index contributed by atoms with van der Waals surface area (Å²) >= 11 is 0.